The molecule has 1 aliphatic heterocycles. The SMILES string of the molecule is CC(C)COc1nc(N(C)CC2CCCN2C)ccc1N. The number of hydrogen-bond acceptors (Lipinski definition) is 5. The molecule has 0 aromatic carbocycles. The molecule has 118 valence electrons. The maximum Gasteiger partial charge on any atom is 0.239 e. The highest BCUT2D eigenvalue weighted by Crippen LogP contribution is 2.24. The van der Waals surface area contributed by atoms with E-state index in [1.807, 2.05) is 12.1 Å². The lowest BCUT2D eigenvalue weighted by Gasteiger charge is -2.27. The maximum absolute atomic E-state index is 5.95. The van der Waals surface area contributed by atoms with Crippen molar-refractivity contribution in [1.29, 1.82) is 0 Å². The average molecular weight is 292 g/mol. The van der Waals surface area contributed by atoms with Crippen LogP contribution in [0.2, 0.25) is 0 Å². The number of hydrogen-bond donors (Lipinski definition) is 1. The van der Waals surface area contributed by atoms with Gasteiger partial charge in [0, 0.05) is 19.6 Å². The van der Waals surface area contributed by atoms with Gasteiger partial charge < -0.3 is 20.3 Å². The summed E-state index contributed by atoms with van der Waals surface area (Å²) < 4.78 is 5.71. The molecule has 1 saturated heterocycles. The molecule has 0 amide bonds. The summed E-state index contributed by atoms with van der Waals surface area (Å²) in [6, 6.07) is 4.45. The minimum Gasteiger partial charge on any atom is -0.476 e. The molecule has 21 heavy (non-hydrogen) atoms. The molecule has 1 aromatic heterocycles. The minimum absolute atomic E-state index is 0.458. The summed E-state index contributed by atoms with van der Waals surface area (Å²) in [5.41, 5.74) is 6.55. The smallest absolute Gasteiger partial charge is 0.239 e. The Kier molecular flexibility index (Phi) is 5.28. The van der Waals surface area contributed by atoms with Crippen molar-refractivity contribution in [3.8, 4) is 5.88 Å². The fourth-order valence-electron chi connectivity index (χ4n) is 2.63. The molecule has 0 radical (unpaired) electrons. The van der Waals surface area contributed by atoms with Crippen molar-refractivity contribution in [3.63, 3.8) is 0 Å². The monoisotopic (exact) mass is 292 g/mol. The number of nitrogen functional groups attached to an aromatic ring is 1. The summed E-state index contributed by atoms with van der Waals surface area (Å²) in [5.74, 6) is 1.93. The lowest BCUT2D eigenvalue weighted by Crippen LogP contribution is -2.37. The van der Waals surface area contributed by atoms with E-state index in [9.17, 15) is 0 Å². The summed E-state index contributed by atoms with van der Waals surface area (Å²) >= 11 is 0. The predicted molar refractivity (Wildman–Crippen MR) is 87.9 cm³/mol. The van der Waals surface area contributed by atoms with Crippen LogP contribution in [0.5, 0.6) is 5.88 Å². The Labute approximate surface area is 128 Å². The zero-order valence-electron chi connectivity index (χ0n) is 13.7. The highest BCUT2D eigenvalue weighted by molar-refractivity contribution is 5.54. The first-order valence-electron chi connectivity index (χ1n) is 7.78. The molecule has 1 aliphatic rings. The fourth-order valence-corrected chi connectivity index (χ4v) is 2.63. The molecule has 2 rings (SSSR count). The van der Waals surface area contributed by atoms with Gasteiger partial charge >= 0.3 is 0 Å². The second kappa shape index (κ2) is 6.98. The Morgan fingerprint density at radius 2 is 2.24 bits per heavy atom. The highest BCUT2D eigenvalue weighted by atomic mass is 16.5. The topological polar surface area (TPSA) is 54.6 Å². The molecule has 0 aliphatic carbocycles. The normalized spacial score (nSPS) is 19.2. The van der Waals surface area contributed by atoms with E-state index in [4.69, 9.17) is 10.5 Å². The van der Waals surface area contributed by atoms with E-state index in [0.29, 0.717) is 30.1 Å². The quantitative estimate of drug-likeness (QED) is 0.871. The lowest BCUT2D eigenvalue weighted by molar-refractivity contribution is 0.263. The molecule has 5 heteroatoms. The summed E-state index contributed by atoms with van der Waals surface area (Å²) in [4.78, 5) is 9.18. The predicted octanol–water partition coefficient (Wildman–Crippen LogP) is 2.23. The largest absolute Gasteiger partial charge is 0.476 e. The number of likely N-dealkylation sites (N-methyl/N-ethyl adjacent to an activating group) is 2. The Balaban J connectivity index is 2.03. The fraction of sp³-hybridized carbons (Fsp3) is 0.688. The molecule has 0 saturated carbocycles. The van der Waals surface area contributed by atoms with Crippen molar-refractivity contribution in [3.05, 3.63) is 12.1 Å². The van der Waals surface area contributed by atoms with E-state index in [-0.39, 0.29) is 0 Å². The summed E-state index contributed by atoms with van der Waals surface area (Å²) in [6.45, 7) is 7.04. The number of nitrogens with zero attached hydrogens (tertiary/aromatic N) is 3. The van der Waals surface area contributed by atoms with Crippen molar-refractivity contribution in [2.24, 2.45) is 5.92 Å². The van der Waals surface area contributed by atoms with Gasteiger partial charge in [-0.2, -0.15) is 4.98 Å². The summed E-state index contributed by atoms with van der Waals surface area (Å²) in [6.07, 6.45) is 2.54. The highest BCUT2D eigenvalue weighted by Gasteiger charge is 2.22. The van der Waals surface area contributed by atoms with Gasteiger partial charge in [0.15, 0.2) is 0 Å². The molecule has 1 unspecified atom stereocenters. The van der Waals surface area contributed by atoms with Gasteiger partial charge in [-0.15, -0.1) is 0 Å². The van der Waals surface area contributed by atoms with Crippen molar-refractivity contribution >= 4 is 11.5 Å². The van der Waals surface area contributed by atoms with Crippen molar-refractivity contribution in [2.75, 3.05) is 44.4 Å². The van der Waals surface area contributed by atoms with Crippen molar-refractivity contribution in [2.45, 2.75) is 32.7 Å². The van der Waals surface area contributed by atoms with Crippen LogP contribution in [0, 0.1) is 5.92 Å². The van der Waals surface area contributed by atoms with Crippen LogP contribution in [0.3, 0.4) is 0 Å². The van der Waals surface area contributed by atoms with Crippen LogP contribution in [-0.4, -0.2) is 49.7 Å². The number of anilines is 2. The second-order valence-corrected chi connectivity index (χ2v) is 6.43. The average Bonchev–Trinajstić information content (AvgIpc) is 2.83. The zero-order valence-corrected chi connectivity index (χ0v) is 13.7. The number of nitrogens with two attached hydrogens (primary N) is 1. The first-order chi connectivity index (χ1) is 9.97. The molecule has 1 fully saturated rings. The Bertz CT molecular complexity index is 464. The number of rotatable bonds is 6. The van der Waals surface area contributed by atoms with Crippen molar-refractivity contribution in [1.82, 2.24) is 9.88 Å². The van der Waals surface area contributed by atoms with Gasteiger partial charge in [0.2, 0.25) is 5.88 Å². The number of ether oxygens (including phenoxy) is 1. The van der Waals surface area contributed by atoms with Crippen LogP contribution in [0.4, 0.5) is 11.5 Å². The van der Waals surface area contributed by atoms with Crippen LogP contribution in [0.1, 0.15) is 26.7 Å². The van der Waals surface area contributed by atoms with Crippen LogP contribution in [0.25, 0.3) is 0 Å². The van der Waals surface area contributed by atoms with Gasteiger partial charge in [0.1, 0.15) is 5.82 Å². The van der Waals surface area contributed by atoms with E-state index in [2.05, 4.69) is 42.7 Å². The molecule has 1 aromatic rings. The Hall–Kier alpha value is -1.49. The number of pyridine rings is 1. The van der Waals surface area contributed by atoms with E-state index in [1.165, 1.54) is 19.4 Å². The van der Waals surface area contributed by atoms with Gasteiger partial charge in [-0.3, -0.25) is 0 Å². The van der Waals surface area contributed by atoms with Crippen LogP contribution >= 0.6 is 0 Å². The molecule has 2 heterocycles. The van der Waals surface area contributed by atoms with E-state index in [0.717, 1.165) is 12.4 Å². The van der Waals surface area contributed by atoms with E-state index in [1.54, 1.807) is 0 Å². The molecular weight excluding hydrogens is 264 g/mol. The zero-order chi connectivity index (χ0) is 15.4. The van der Waals surface area contributed by atoms with Gasteiger partial charge in [-0.1, -0.05) is 13.8 Å². The third kappa shape index (κ3) is 4.24. The molecular formula is C16H28N4O. The lowest BCUT2D eigenvalue weighted by atomic mass is 10.2. The third-order valence-corrected chi connectivity index (χ3v) is 3.98. The van der Waals surface area contributed by atoms with E-state index < -0.39 is 0 Å². The first-order valence-corrected chi connectivity index (χ1v) is 7.78. The molecule has 1 atom stereocenters. The van der Waals surface area contributed by atoms with Gasteiger partial charge in [0.05, 0.1) is 12.3 Å². The first kappa shape index (κ1) is 15.9. The number of likely N-dealkylation sites (tertiary alicyclic amines) is 1. The van der Waals surface area contributed by atoms with Crippen LogP contribution in [0.15, 0.2) is 12.1 Å². The molecule has 2 N–H and O–H groups in total. The van der Waals surface area contributed by atoms with Crippen LogP contribution < -0.4 is 15.4 Å². The Morgan fingerprint density at radius 1 is 1.48 bits per heavy atom. The van der Waals surface area contributed by atoms with Crippen molar-refractivity contribution < 1.29 is 4.74 Å². The van der Waals surface area contributed by atoms with Crippen LogP contribution in [-0.2, 0) is 0 Å². The minimum atomic E-state index is 0.458. The van der Waals surface area contributed by atoms with Gasteiger partial charge in [-0.25, -0.2) is 0 Å². The van der Waals surface area contributed by atoms with Gasteiger partial charge in [-0.05, 0) is 44.5 Å². The summed E-state index contributed by atoms with van der Waals surface area (Å²) in [5, 5.41) is 0. The number of aromatic nitrogens is 1. The molecule has 0 bridgehead atoms. The molecule has 5 nitrogen and oxygen atoms in total. The standard InChI is InChI=1S/C16H28N4O/c1-12(2)11-21-16-14(17)7-8-15(18-16)20(4)10-13-6-5-9-19(13)3/h7-8,12-13H,5-6,9-11,17H2,1-4H3. The Morgan fingerprint density at radius 3 is 2.86 bits per heavy atom. The molecule has 0 spiro atoms. The third-order valence-electron chi connectivity index (χ3n) is 3.98. The van der Waals surface area contributed by atoms with Gasteiger partial charge in [0.25, 0.3) is 0 Å². The second-order valence-electron chi connectivity index (χ2n) is 6.43. The summed E-state index contributed by atoms with van der Waals surface area (Å²) in [7, 11) is 4.27. The maximum atomic E-state index is 5.95. The van der Waals surface area contributed by atoms with E-state index >= 15 is 0 Å².